The highest BCUT2D eigenvalue weighted by Gasteiger charge is 2.12. The van der Waals surface area contributed by atoms with Gasteiger partial charge in [0.05, 0.1) is 0 Å². The summed E-state index contributed by atoms with van der Waals surface area (Å²) >= 11 is 0. The highest BCUT2D eigenvalue weighted by molar-refractivity contribution is 14.0. The molecule has 0 aromatic carbocycles. The predicted octanol–water partition coefficient (Wildman–Crippen LogP) is 1.67. The van der Waals surface area contributed by atoms with Crippen LogP contribution in [-0.2, 0) is 0 Å². The first-order chi connectivity index (χ1) is 12.3. The van der Waals surface area contributed by atoms with Gasteiger partial charge in [-0.1, -0.05) is 6.42 Å². The molecule has 0 saturated carbocycles. The van der Waals surface area contributed by atoms with E-state index in [0.29, 0.717) is 0 Å². The summed E-state index contributed by atoms with van der Waals surface area (Å²) in [5.74, 6) is 0.985. The van der Waals surface area contributed by atoms with E-state index in [1.807, 2.05) is 0 Å². The minimum Gasteiger partial charge on any atom is -0.357 e. The molecular weight excluding hydrogens is 439 g/mol. The van der Waals surface area contributed by atoms with E-state index in [1.54, 1.807) is 0 Å². The van der Waals surface area contributed by atoms with Crippen LogP contribution in [0.15, 0.2) is 4.99 Å². The van der Waals surface area contributed by atoms with Crippen molar-refractivity contribution in [1.29, 1.82) is 0 Å². The zero-order valence-corrected chi connectivity index (χ0v) is 19.3. The zero-order chi connectivity index (χ0) is 17.7. The van der Waals surface area contributed by atoms with Gasteiger partial charge in [0.1, 0.15) is 0 Å². The first kappa shape index (κ1) is 23.9. The lowest BCUT2D eigenvalue weighted by atomic mass is 10.1. The van der Waals surface area contributed by atoms with Gasteiger partial charge in [0.25, 0.3) is 0 Å². The number of hydrogen-bond acceptors (Lipinski definition) is 4. The maximum Gasteiger partial charge on any atom is 0.191 e. The van der Waals surface area contributed by atoms with Crippen LogP contribution < -0.4 is 10.6 Å². The normalized spacial score (nSPS) is 20.6. The van der Waals surface area contributed by atoms with Crippen LogP contribution in [0.2, 0.25) is 0 Å². The van der Waals surface area contributed by atoms with Crippen molar-refractivity contribution >= 4 is 29.9 Å². The lowest BCUT2D eigenvalue weighted by molar-refractivity contribution is 0.152. The van der Waals surface area contributed by atoms with Crippen LogP contribution in [0.3, 0.4) is 0 Å². The highest BCUT2D eigenvalue weighted by Crippen LogP contribution is 2.07. The van der Waals surface area contributed by atoms with Crippen molar-refractivity contribution in [3.8, 4) is 0 Å². The summed E-state index contributed by atoms with van der Waals surface area (Å²) in [5, 5.41) is 6.86. The van der Waals surface area contributed by atoms with Gasteiger partial charge >= 0.3 is 0 Å². The molecule has 0 aliphatic carbocycles. The fraction of sp³-hybridized carbons (Fsp3) is 0.947. The average Bonchev–Trinajstić information content (AvgIpc) is 2.64. The smallest absolute Gasteiger partial charge is 0.191 e. The van der Waals surface area contributed by atoms with E-state index < -0.39 is 0 Å². The van der Waals surface area contributed by atoms with E-state index in [-0.39, 0.29) is 24.0 Å². The summed E-state index contributed by atoms with van der Waals surface area (Å²) in [6.07, 6.45) is 6.56. The van der Waals surface area contributed by atoms with Crippen LogP contribution >= 0.6 is 24.0 Å². The molecule has 2 heterocycles. The summed E-state index contributed by atoms with van der Waals surface area (Å²) in [6, 6.07) is 0. The van der Waals surface area contributed by atoms with Crippen molar-refractivity contribution in [1.82, 2.24) is 25.3 Å². The molecule has 0 spiro atoms. The number of nitrogens with zero attached hydrogens (tertiary/aromatic N) is 4. The fourth-order valence-corrected chi connectivity index (χ4v) is 3.57. The molecule has 2 aliphatic heterocycles. The van der Waals surface area contributed by atoms with E-state index >= 15 is 0 Å². The van der Waals surface area contributed by atoms with Crippen LogP contribution in [0, 0.1) is 0 Å². The monoisotopic (exact) mass is 480 g/mol. The lowest BCUT2D eigenvalue weighted by Crippen LogP contribution is -2.44. The third-order valence-corrected chi connectivity index (χ3v) is 5.26. The number of halogens is 1. The van der Waals surface area contributed by atoms with E-state index in [2.05, 4.69) is 39.3 Å². The van der Waals surface area contributed by atoms with Crippen molar-refractivity contribution < 1.29 is 0 Å². The molecule has 2 N–H and O–H groups in total. The Kier molecular flexibility index (Phi) is 13.7. The average molecular weight is 480 g/mol. The number of unbranched alkanes of at least 4 members (excludes halogenated alkanes) is 1. The molecule has 0 amide bonds. The molecule has 0 atom stereocenters. The number of likely N-dealkylation sites (tertiary alicyclic amines) is 1. The summed E-state index contributed by atoms with van der Waals surface area (Å²) in [5.41, 5.74) is 0. The lowest BCUT2D eigenvalue weighted by Gasteiger charge is -2.32. The second-order valence-corrected chi connectivity index (χ2v) is 7.44. The minimum atomic E-state index is 0. The van der Waals surface area contributed by atoms with Gasteiger partial charge in [-0.05, 0) is 59.3 Å². The number of piperidine rings is 1. The second kappa shape index (κ2) is 14.9. The fourth-order valence-electron chi connectivity index (χ4n) is 3.57. The predicted molar refractivity (Wildman–Crippen MR) is 123 cm³/mol. The van der Waals surface area contributed by atoms with E-state index in [1.165, 1.54) is 77.9 Å². The van der Waals surface area contributed by atoms with Gasteiger partial charge in [-0.2, -0.15) is 0 Å². The molecule has 0 radical (unpaired) electrons. The van der Waals surface area contributed by atoms with Crippen LogP contribution in [0.4, 0.5) is 0 Å². The standard InChI is InChI=1S/C19H40N6.HI/c1-3-20-19(22-10-14-24-11-6-4-7-12-24)21-9-5-8-13-25-17-15-23(2)16-18-25;/h3-18H2,1-2H3,(H2,20,21,22);1H. The Hall–Kier alpha value is -0.120. The van der Waals surface area contributed by atoms with Crippen molar-refractivity contribution in [2.75, 3.05) is 79.0 Å². The molecule has 7 heteroatoms. The number of piperazine rings is 1. The van der Waals surface area contributed by atoms with Gasteiger partial charge in [-0.3, -0.25) is 4.99 Å². The van der Waals surface area contributed by atoms with Crippen LogP contribution in [0.25, 0.3) is 0 Å². The number of rotatable bonds is 9. The first-order valence-electron chi connectivity index (χ1n) is 10.4. The van der Waals surface area contributed by atoms with Crippen LogP contribution in [0.1, 0.15) is 39.0 Å². The van der Waals surface area contributed by atoms with Gasteiger partial charge in [-0.15, -0.1) is 24.0 Å². The van der Waals surface area contributed by atoms with Crippen molar-refractivity contribution in [2.24, 2.45) is 4.99 Å². The topological polar surface area (TPSA) is 46.1 Å². The zero-order valence-electron chi connectivity index (χ0n) is 17.0. The Morgan fingerprint density at radius 2 is 1.54 bits per heavy atom. The number of aliphatic imine (C=N–C) groups is 1. The summed E-state index contributed by atoms with van der Waals surface area (Å²) in [7, 11) is 2.21. The number of nitrogens with one attached hydrogen (secondary N) is 2. The van der Waals surface area contributed by atoms with Crippen molar-refractivity contribution in [2.45, 2.75) is 39.0 Å². The molecule has 0 aromatic heterocycles. The van der Waals surface area contributed by atoms with Gasteiger partial charge in [0.15, 0.2) is 5.96 Å². The Morgan fingerprint density at radius 3 is 2.23 bits per heavy atom. The number of hydrogen-bond donors (Lipinski definition) is 2. The third-order valence-electron chi connectivity index (χ3n) is 5.26. The second-order valence-electron chi connectivity index (χ2n) is 7.44. The number of guanidine groups is 1. The molecule has 0 unspecified atom stereocenters. The molecule has 0 bridgehead atoms. The molecule has 2 saturated heterocycles. The van der Waals surface area contributed by atoms with Gasteiger partial charge in [0.2, 0.25) is 0 Å². The maximum absolute atomic E-state index is 4.74. The van der Waals surface area contributed by atoms with Gasteiger partial charge in [-0.25, -0.2) is 0 Å². The largest absolute Gasteiger partial charge is 0.357 e. The first-order valence-corrected chi connectivity index (χ1v) is 10.4. The molecule has 0 aromatic rings. The van der Waals surface area contributed by atoms with Crippen LogP contribution in [0.5, 0.6) is 0 Å². The Labute approximate surface area is 178 Å². The maximum atomic E-state index is 4.74. The van der Waals surface area contributed by atoms with Crippen molar-refractivity contribution in [3.05, 3.63) is 0 Å². The molecule has 154 valence electrons. The Balaban J connectivity index is 0.00000338. The van der Waals surface area contributed by atoms with E-state index in [0.717, 1.165) is 32.1 Å². The Morgan fingerprint density at radius 1 is 0.846 bits per heavy atom. The number of likely N-dealkylation sites (N-methyl/N-ethyl adjacent to an activating group) is 1. The van der Waals surface area contributed by atoms with Crippen LogP contribution in [-0.4, -0.2) is 99.7 Å². The highest BCUT2D eigenvalue weighted by atomic mass is 127. The summed E-state index contributed by atoms with van der Waals surface area (Å²) < 4.78 is 0. The molecular formula is C19H41IN6. The quantitative estimate of drug-likeness (QED) is 0.228. The minimum absolute atomic E-state index is 0. The van der Waals surface area contributed by atoms with Gasteiger partial charge in [0, 0.05) is 52.4 Å². The van der Waals surface area contributed by atoms with Gasteiger partial charge < -0.3 is 25.3 Å². The molecule has 2 rings (SSSR count). The van der Waals surface area contributed by atoms with E-state index in [4.69, 9.17) is 4.99 Å². The summed E-state index contributed by atoms with van der Waals surface area (Å²) in [4.78, 5) is 12.3. The molecule has 26 heavy (non-hydrogen) atoms. The molecule has 2 fully saturated rings. The van der Waals surface area contributed by atoms with Crippen molar-refractivity contribution in [3.63, 3.8) is 0 Å². The summed E-state index contributed by atoms with van der Waals surface area (Å²) in [6.45, 7) is 14.7. The van der Waals surface area contributed by atoms with E-state index in [9.17, 15) is 0 Å². The third kappa shape index (κ3) is 10.3. The Bertz CT molecular complexity index is 365. The SMILES string of the molecule is CCNC(=NCCCCN1CCN(C)CC1)NCCN1CCCCC1.I. The molecule has 6 nitrogen and oxygen atoms in total. The molecule has 2 aliphatic rings.